The number of benzene rings is 1. The van der Waals surface area contributed by atoms with Crippen LogP contribution in [0.2, 0.25) is 0 Å². The van der Waals surface area contributed by atoms with Crippen molar-refractivity contribution in [2.24, 2.45) is 5.73 Å². The van der Waals surface area contributed by atoms with Crippen LogP contribution in [0.1, 0.15) is 24.1 Å². The third-order valence-corrected chi connectivity index (χ3v) is 3.35. The molecule has 0 fully saturated rings. The van der Waals surface area contributed by atoms with Crippen molar-refractivity contribution in [3.63, 3.8) is 0 Å². The van der Waals surface area contributed by atoms with Crippen molar-refractivity contribution >= 4 is 0 Å². The van der Waals surface area contributed by atoms with Crippen molar-refractivity contribution < 1.29 is 9.47 Å². The van der Waals surface area contributed by atoms with E-state index in [1.165, 1.54) is 11.1 Å². The number of nitrogens with two attached hydrogens (primary N) is 1. The Kier molecular flexibility index (Phi) is 3.54. The predicted molar refractivity (Wildman–Crippen MR) is 67.6 cm³/mol. The number of nitrogens with one attached hydrogen (secondary N) is 1. The monoisotopic (exact) mass is 236 g/mol. The van der Waals surface area contributed by atoms with Crippen molar-refractivity contribution in [1.29, 1.82) is 0 Å². The summed E-state index contributed by atoms with van der Waals surface area (Å²) in [4.78, 5) is 0. The quantitative estimate of drug-likeness (QED) is 0.829. The summed E-state index contributed by atoms with van der Waals surface area (Å²) in [7, 11) is 3.32. The van der Waals surface area contributed by atoms with Gasteiger partial charge in [0, 0.05) is 18.6 Å². The number of ether oxygens (including phenoxy) is 2. The maximum atomic E-state index is 5.73. The van der Waals surface area contributed by atoms with Gasteiger partial charge in [-0.1, -0.05) is 0 Å². The first kappa shape index (κ1) is 12.2. The Balaban J connectivity index is 2.42. The third-order valence-electron chi connectivity index (χ3n) is 3.35. The summed E-state index contributed by atoms with van der Waals surface area (Å²) in [6, 6.07) is 4.76. The summed E-state index contributed by atoms with van der Waals surface area (Å²) in [5.74, 6) is 1.57. The first-order valence-electron chi connectivity index (χ1n) is 5.90. The molecule has 0 saturated carbocycles. The average molecular weight is 236 g/mol. The van der Waals surface area contributed by atoms with Gasteiger partial charge in [0.15, 0.2) is 11.5 Å². The normalized spacial score (nSPS) is 23.1. The molecule has 1 heterocycles. The Morgan fingerprint density at radius 3 is 2.53 bits per heavy atom. The van der Waals surface area contributed by atoms with Gasteiger partial charge in [0.25, 0.3) is 0 Å². The molecule has 0 aliphatic carbocycles. The zero-order valence-corrected chi connectivity index (χ0v) is 10.6. The fraction of sp³-hybridized carbons (Fsp3) is 0.538. The van der Waals surface area contributed by atoms with Crippen molar-refractivity contribution in [3.8, 4) is 11.5 Å². The summed E-state index contributed by atoms with van der Waals surface area (Å²) in [6.07, 6.45) is 0.941. The highest BCUT2D eigenvalue weighted by Gasteiger charge is 2.24. The molecule has 0 amide bonds. The van der Waals surface area contributed by atoms with E-state index in [0.717, 1.165) is 17.9 Å². The van der Waals surface area contributed by atoms with Crippen LogP contribution in [0.15, 0.2) is 12.1 Å². The summed E-state index contributed by atoms with van der Waals surface area (Å²) in [5.41, 5.74) is 8.30. The van der Waals surface area contributed by atoms with Gasteiger partial charge in [-0.15, -0.1) is 0 Å². The molecule has 0 bridgehead atoms. The summed E-state index contributed by atoms with van der Waals surface area (Å²) >= 11 is 0. The van der Waals surface area contributed by atoms with Gasteiger partial charge < -0.3 is 20.5 Å². The van der Waals surface area contributed by atoms with Crippen LogP contribution in [-0.2, 0) is 6.42 Å². The Bertz CT molecular complexity index is 407. The molecular formula is C13H20N2O2. The van der Waals surface area contributed by atoms with Gasteiger partial charge in [0.2, 0.25) is 0 Å². The largest absolute Gasteiger partial charge is 0.493 e. The number of hydrogen-bond acceptors (Lipinski definition) is 4. The Hall–Kier alpha value is -1.26. The minimum absolute atomic E-state index is 0.298. The summed E-state index contributed by atoms with van der Waals surface area (Å²) in [6.45, 7) is 2.80. The molecule has 1 aliphatic heterocycles. The predicted octanol–water partition coefficient (Wildman–Crippen LogP) is 1.24. The molecule has 17 heavy (non-hydrogen) atoms. The standard InChI is InChI=1S/C13H20N2O2/c1-8-11-6-13(17-3)12(16-2)5-9(11)4-10(7-14)15-8/h5-6,8,10,15H,4,7,14H2,1-3H3. The van der Waals surface area contributed by atoms with Crippen LogP contribution < -0.4 is 20.5 Å². The van der Waals surface area contributed by atoms with E-state index in [4.69, 9.17) is 15.2 Å². The van der Waals surface area contributed by atoms with Crippen LogP contribution >= 0.6 is 0 Å². The molecule has 4 nitrogen and oxygen atoms in total. The highest BCUT2D eigenvalue weighted by molar-refractivity contribution is 5.49. The Morgan fingerprint density at radius 2 is 1.94 bits per heavy atom. The number of rotatable bonds is 3. The van der Waals surface area contributed by atoms with Crippen molar-refractivity contribution in [2.75, 3.05) is 20.8 Å². The third kappa shape index (κ3) is 2.23. The second kappa shape index (κ2) is 4.94. The van der Waals surface area contributed by atoms with Gasteiger partial charge in [-0.25, -0.2) is 0 Å². The van der Waals surface area contributed by atoms with E-state index in [1.54, 1.807) is 14.2 Å². The van der Waals surface area contributed by atoms with Crippen LogP contribution in [0.3, 0.4) is 0 Å². The van der Waals surface area contributed by atoms with E-state index >= 15 is 0 Å². The summed E-state index contributed by atoms with van der Waals surface area (Å²) < 4.78 is 10.7. The van der Waals surface area contributed by atoms with Gasteiger partial charge in [-0.2, -0.15) is 0 Å². The highest BCUT2D eigenvalue weighted by atomic mass is 16.5. The molecule has 3 N–H and O–H groups in total. The maximum absolute atomic E-state index is 5.73. The molecule has 4 heteroatoms. The van der Waals surface area contributed by atoms with Crippen LogP contribution in [0.5, 0.6) is 11.5 Å². The Morgan fingerprint density at radius 1 is 1.29 bits per heavy atom. The molecule has 2 rings (SSSR count). The fourth-order valence-electron chi connectivity index (χ4n) is 2.44. The molecule has 1 aromatic rings. The molecule has 2 atom stereocenters. The van der Waals surface area contributed by atoms with Crippen LogP contribution in [0.4, 0.5) is 0 Å². The number of hydrogen-bond donors (Lipinski definition) is 2. The second-order valence-corrected chi connectivity index (χ2v) is 4.43. The fourth-order valence-corrected chi connectivity index (χ4v) is 2.44. The van der Waals surface area contributed by atoms with E-state index < -0.39 is 0 Å². The van der Waals surface area contributed by atoms with Crippen LogP contribution in [0.25, 0.3) is 0 Å². The van der Waals surface area contributed by atoms with E-state index in [-0.39, 0.29) is 0 Å². The van der Waals surface area contributed by atoms with E-state index in [2.05, 4.69) is 24.4 Å². The van der Waals surface area contributed by atoms with E-state index in [1.807, 2.05) is 0 Å². The minimum atomic E-state index is 0.298. The lowest BCUT2D eigenvalue weighted by Crippen LogP contribution is -2.43. The van der Waals surface area contributed by atoms with Crippen LogP contribution in [0, 0.1) is 0 Å². The van der Waals surface area contributed by atoms with Gasteiger partial charge in [-0.3, -0.25) is 0 Å². The molecule has 2 unspecified atom stereocenters. The van der Waals surface area contributed by atoms with Crippen LogP contribution in [-0.4, -0.2) is 26.8 Å². The maximum Gasteiger partial charge on any atom is 0.161 e. The number of methoxy groups -OCH3 is 2. The molecule has 1 aromatic carbocycles. The van der Waals surface area contributed by atoms with E-state index in [9.17, 15) is 0 Å². The average Bonchev–Trinajstić information content (AvgIpc) is 2.36. The number of fused-ring (bicyclic) bond motifs is 1. The molecule has 1 aliphatic rings. The van der Waals surface area contributed by atoms with Crippen molar-refractivity contribution in [1.82, 2.24) is 5.32 Å². The SMILES string of the molecule is COc1cc2c(cc1OC)C(C)NC(CN)C2. The molecule has 94 valence electrons. The van der Waals surface area contributed by atoms with Crippen molar-refractivity contribution in [3.05, 3.63) is 23.3 Å². The zero-order valence-electron chi connectivity index (χ0n) is 10.6. The van der Waals surface area contributed by atoms with Gasteiger partial charge >= 0.3 is 0 Å². The molecule has 0 spiro atoms. The lowest BCUT2D eigenvalue weighted by Gasteiger charge is -2.31. The zero-order chi connectivity index (χ0) is 12.4. The van der Waals surface area contributed by atoms with E-state index in [0.29, 0.717) is 18.6 Å². The first-order chi connectivity index (χ1) is 8.19. The smallest absolute Gasteiger partial charge is 0.161 e. The molecule has 0 aromatic heterocycles. The first-order valence-corrected chi connectivity index (χ1v) is 5.90. The molecule has 0 radical (unpaired) electrons. The lowest BCUT2D eigenvalue weighted by atomic mass is 9.90. The highest BCUT2D eigenvalue weighted by Crippen LogP contribution is 2.35. The van der Waals surface area contributed by atoms with Gasteiger partial charge in [-0.05, 0) is 36.6 Å². The minimum Gasteiger partial charge on any atom is -0.493 e. The van der Waals surface area contributed by atoms with Crippen molar-refractivity contribution in [2.45, 2.75) is 25.4 Å². The second-order valence-electron chi connectivity index (χ2n) is 4.43. The van der Waals surface area contributed by atoms with Gasteiger partial charge in [0.05, 0.1) is 14.2 Å². The Labute approximate surface area is 102 Å². The topological polar surface area (TPSA) is 56.5 Å². The summed E-state index contributed by atoms with van der Waals surface area (Å²) in [5, 5.41) is 3.49. The van der Waals surface area contributed by atoms with Gasteiger partial charge in [0.1, 0.15) is 0 Å². The molecule has 0 saturated heterocycles. The lowest BCUT2D eigenvalue weighted by molar-refractivity contribution is 0.350. The molecular weight excluding hydrogens is 216 g/mol.